The molecule has 7 nitrogen and oxygen atoms in total. The van der Waals surface area contributed by atoms with Gasteiger partial charge in [-0.1, -0.05) is 41.9 Å². The Kier molecular flexibility index (Phi) is 9.51. The number of carbonyl (C=O) groups is 1. The Morgan fingerprint density at radius 1 is 1.00 bits per heavy atom. The number of anilines is 1. The van der Waals surface area contributed by atoms with Gasteiger partial charge in [0, 0.05) is 18.7 Å². The quantitative estimate of drug-likeness (QED) is 0.254. The van der Waals surface area contributed by atoms with E-state index >= 15 is 0 Å². The maximum absolute atomic E-state index is 12.2. The van der Waals surface area contributed by atoms with Crippen LogP contribution < -0.4 is 9.64 Å². The molecule has 0 bridgehead atoms. The fourth-order valence-corrected chi connectivity index (χ4v) is 6.76. The normalized spacial score (nSPS) is 18.8. The van der Waals surface area contributed by atoms with Gasteiger partial charge in [-0.05, 0) is 99.5 Å². The Labute approximate surface area is 260 Å². The largest absolute Gasteiger partial charge is 0.487 e. The van der Waals surface area contributed by atoms with E-state index in [-0.39, 0.29) is 11.9 Å². The molecular formula is C35H42ClN3O4. The second-order valence-electron chi connectivity index (χ2n) is 12.0. The maximum atomic E-state index is 12.2. The summed E-state index contributed by atoms with van der Waals surface area (Å²) in [5, 5.41) is 0.567. The van der Waals surface area contributed by atoms with E-state index in [9.17, 15) is 4.79 Å². The van der Waals surface area contributed by atoms with E-state index in [1.807, 2.05) is 43.3 Å². The number of benzene rings is 2. The lowest BCUT2D eigenvalue weighted by Crippen LogP contribution is -2.51. The SMILES string of the molecule is CCOC(=O)C1CCN(c2cccc(-c3cccc(Cl)c3OCc3ccc(C4CCN(C5COC5)CC4)cc3C)n2)CC1. The van der Waals surface area contributed by atoms with Crippen LogP contribution in [0.15, 0.2) is 54.6 Å². The van der Waals surface area contributed by atoms with Crippen molar-refractivity contribution in [2.75, 3.05) is 50.9 Å². The third kappa shape index (κ3) is 6.84. The van der Waals surface area contributed by atoms with Crippen LogP contribution in [0.2, 0.25) is 5.02 Å². The number of halogens is 1. The standard InChI is InChI=1S/C35H42ClN3O4/c1-3-42-35(40)26-14-18-39(19-15-26)33-9-5-8-32(37-33)30-6-4-7-31(36)34(30)43-21-28-11-10-27(20-24(28)2)25-12-16-38(17-13-25)29-22-41-23-29/h4-11,20,25-26,29H,3,12-19,21-23H2,1-2H3. The summed E-state index contributed by atoms with van der Waals surface area (Å²) in [6.07, 6.45) is 3.93. The van der Waals surface area contributed by atoms with Crippen molar-refractivity contribution in [2.24, 2.45) is 5.92 Å². The summed E-state index contributed by atoms with van der Waals surface area (Å²) in [5.74, 6) is 2.02. The van der Waals surface area contributed by atoms with Crippen molar-refractivity contribution in [2.45, 2.75) is 58.1 Å². The molecule has 0 atom stereocenters. The molecule has 3 saturated heterocycles. The fraction of sp³-hybridized carbons (Fsp3) is 0.486. The molecule has 3 fully saturated rings. The van der Waals surface area contributed by atoms with E-state index in [2.05, 4.69) is 34.9 Å². The zero-order valence-electron chi connectivity index (χ0n) is 25.3. The van der Waals surface area contributed by atoms with Crippen LogP contribution in [0.4, 0.5) is 5.82 Å². The van der Waals surface area contributed by atoms with Gasteiger partial charge in [0.05, 0.1) is 42.5 Å². The lowest BCUT2D eigenvalue weighted by atomic mass is 9.87. The van der Waals surface area contributed by atoms with E-state index in [0.29, 0.717) is 35.9 Å². The molecule has 3 aliphatic rings. The van der Waals surface area contributed by atoms with E-state index in [4.69, 9.17) is 30.8 Å². The van der Waals surface area contributed by atoms with Crippen molar-refractivity contribution < 1.29 is 19.0 Å². The summed E-state index contributed by atoms with van der Waals surface area (Å²) in [6, 6.07) is 19.3. The van der Waals surface area contributed by atoms with Gasteiger partial charge in [-0.3, -0.25) is 9.69 Å². The molecule has 0 aliphatic carbocycles. The molecule has 6 rings (SSSR count). The number of rotatable bonds is 9. The summed E-state index contributed by atoms with van der Waals surface area (Å²) < 4.78 is 17.0. The van der Waals surface area contributed by atoms with Gasteiger partial charge >= 0.3 is 5.97 Å². The molecule has 8 heteroatoms. The van der Waals surface area contributed by atoms with Crippen molar-refractivity contribution in [3.63, 3.8) is 0 Å². The van der Waals surface area contributed by atoms with Gasteiger partial charge in [0.1, 0.15) is 18.2 Å². The molecule has 3 aromatic rings. The van der Waals surface area contributed by atoms with Crippen LogP contribution in [-0.2, 0) is 20.9 Å². The summed E-state index contributed by atoms with van der Waals surface area (Å²) in [4.78, 5) is 22.0. The Morgan fingerprint density at radius 3 is 2.47 bits per heavy atom. The third-order valence-electron chi connectivity index (χ3n) is 9.29. The van der Waals surface area contributed by atoms with Crippen LogP contribution in [0.25, 0.3) is 11.3 Å². The van der Waals surface area contributed by atoms with Crippen LogP contribution in [0.5, 0.6) is 5.75 Å². The van der Waals surface area contributed by atoms with Crippen molar-refractivity contribution in [3.05, 3.63) is 76.3 Å². The number of nitrogens with zero attached hydrogens (tertiary/aromatic N) is 3. The van der Waals surface area contributed by atoms with Gasteiger partial charge in [-0.25, -0.2) is 4.98 Å². The van der Waals surface area contributed by atoms with E-state index in [0.717, 1.165) is 74.9 Å². The average Bonchev–Trinajstić information content (AvgIpc) is 3.01. The molecule has 0 N–H and O–H groups in total. The highest BCUT2D eigenvalue weighted by Gasteiger charge is 2.30. The molecule has 2 aromatic carbocycles. The van der Waals surface area contributed by atoms with Gasteiger partial charge in [0.25, 0.3) is 0 Å². The number of carbonyl (C=O) groups excluding carboxylic acids is 1. The Morgan fingerprint density at radius 2 is 1.77 bits per heavy atom. The van der Waals surface area contributed by atoms with Crippen molar-refractivity contribution in [3.8, 4) is 17.0 Å². The fourth-order valence-electron chi connectivity index (χ4n) is 6.53. The molecule has 3 aliphatic heterocycles. The van der Waals surface area contributed by atoms with E-state index < -0.39 is 0 Å². The first-order chi connectivity index (χ1) is 21.0. The van der Waals surface area contributed by atoms with Gasteiger partial charge in [-0.15, -0.1) is 0 Å². The molecule has 43 heavy (non-hydrogen) atoms. The minimum absolute atomic E-state index is 0.0367. The zero-order valence-corrected chi connectivity index (χ0v) is 26.0. The summed E-state index contributed by atoms with van der Waals surface area (Å²) in [7, 11) is 0. The number of aryl methyl sites for hydroxylation is 1. The molecule has 0 unspecified atom stereocenters. The van der Waals surface area contributed by atoms with Gasteiger partial charge in [0.2, 0.25) is 0 Å². The maximum Gasteiger partial charge on any atom is 0.309 e. The number of piperidine rings is 2. The summed E-state index contributed by atoms with van der Waals surface area (Å²) in [5.41, 5.74) is 5.51. The number of aromatic nitrogens is 1. The van der Waals surface area contributed by atoms with Crippen LogP contribution in [0, 0.1) is 12.8 Å². The smallest absolute Gasteiger partial charge is 0.309 e. The minimum Gasteiger partial charge on any atom is -0.487 e. The first-order valence-corrected chi connectivity index (χ1v) is 16.1. The van der Waals surface area contributed by atoms with Crippen molar-refractivity contribution in [1.29, 1.82) is 0 Å². The molecule has 4 heterocycles. The molecule has 1 aromatic heterocycles. The second-order valence-corrected chi connectivity index (χ2v) is 12.4. The number of esters is 1. The molecule has 228 valence electrons. The van der Waals surface area contributed by atoms with Crippen LogP contribution in [-0.4, -0.2) is 67.9 Å². The predicted octanol–water partition coefficient (Wildman–Crippen LogP) is 6.65. The minimum atomic E-state index is -0.0880. The van der Waals surface area contributed by atoms with Crippen LogP contribution in [0.3, 0.4) is 0 Å². The summed E-state index contributed by atoms with van der Waals surface area (Å²) in [6.45, 7) is 10.5. The third-order valence-corrected chi connectivity index (χ3v) is 9.59. The monoisotopic (exact) mass is 603 g/mol. The Bertz CT molecular complexity index is 1410. The molecule has 0 radical (unpaired) electrons. The highest BCUT2D eigenvalue weighted by Crippen LogP contribution is 2.37. The lowest BCUT2D eigenvalue weighted by molar-refractivity contribution is -0.148. The van der Waals surface area contributed by atoms with Crippen molar-refractivity contribution in [1.82, 2.24) is 9.88 Å². The van der Waals surface area contributed by atoms with Gasteiger partial charge in [0.15, 0.2) is 0 Å². The highest BCUT2D eigenvalue weighted by atomic mass is 35.5. The van der Waals surface area contributed by atoms with E-state index in [1.54, 1.807) is 0 Å². The lowest BCUT2D eigenvalue weighted by Gasteiger charge is -2.41. The molecular weight excluding hydrogens is 562 g/mol. The first kappa shape index (κ1) is 29.9. The van der Waals surface area contributed by atoms with E-state index in [1.165, 1.54) is 24.0 Å². The zero-order chi connectivity index (χ0) is 29.8. The van der Waals surface area contributed by atoms with Crippen molar-refractivity contribution >= 4 is 23.4 Å². The molecule has 0 spiro atoms. The number of likely N-dealkylation sites (tertiary alicyclic amines) is 1. The molecule has 0 amide bonds. The highest BCUT2D eigenvalue weighted by molar-refractivity contribution is 6.32. The number of hydrogen-bond acceptors (Lipinski definition) is 7. The predicted molar refractivity (Wildman–Crippen MR) is 170 cm³/mol. The number of ether oxygens (including phenoxy) is 3. The number of pyridine rings is 1. The van der Waals surface area contributed by atoms with Gasteiger partial charge in [-0.2, -0.15) is 0 Å². The Hall–Kier alpha value is -3.13. The first-order valence-electron chi connectivity index (χ1n) is 15.7. The summed E-state index contributed by atoms with van der Waals surface area (Å²) >= 11 is 6.70. The Balaban J connectivity index is 1.11. The topological polar surface area (TPSA) is 64.1 Å². The van der Waals surface area contributed by atoms with Crippen LogP contribution in [0.1, 0.15) is 55.2 Å². The average molecular weight is 604 g/mol. The number of para-hydroxylation sites is 1. The second kappa shape index (κ2) is 13.7. The van der Waals surface area contributed by atoms with Gasteiger partial charge < -0.3 is 19.1 Å². The molecule has 0 saturated carbocycles. The number of hydrogen-bond donors (Lipinski definition) is 0. The van der Waals surface area contributed by atoms with Crippen LogP contribution >= 0.6 is 11.6 Å².